The summed E-state index contributed by atoms with van der Waals surface area (Å²) in [5.41, 5.74) is 2.02. The van der Waals surface area contributed by atoms with E-state index in [0.717, 1.165) is 42.3 Å². The van der Waals surface area contributed by atoms with Gasteiger partial charge in [0.25, 0.3) is 5.91 Å². The zero-order valence-corrected chi connectivity index (χ0v) is 21.3. The Bertz CT molecular complexity index is 1190. The number of hydrogen-bond donors (Lipinski definition) is 1. The van der Waals surface area contributed by atoms with E-state index in [1.54, 1.807) is 11.3 Å². The van der Waals surface area contributed by atoms with E-state index in [1.165, 1.54) is 16.9 Å². The van der Waals surface area contributed by atoms with Crippen molar-refractivity contribution in [3.8, 4) is 0 Å². The number of nitrogens with zero attached hydrogens (tertiary/aromatic N) is 2. The monoisotopic (exact) mass is 477 g/mol. The summed E-state index contributed by atoms with van der Waals surface area (Å²) >= 11 is 1.75. The SMILES string of the molecule is CCc1cc2c(cc3n2CC(C)(C(=O)NC2CCCCC2)N(CC(C)c2ccccc2)C3=O)s1. The molecule has 2 amide bonds. The Balaban J connectivity index is 1.52. The minimum absolute atomic E-state index is 0.0218. The Morgan fingerprint density at radius 3 is 2.62 bits per heavy atom. The normalized spacial score (nSPS) is 22.1. The van der Waals surface area contributed by atoms with Gasteiger partial charge in [-0.05, 0) is 49.8 Å². The van der Waals surface area contributed by atoms with Crippen LogP contribution in [0.4, 0.5) is 0 Å². The maximum absolute atomic E-state index is 13.9. The molecule has 180 valence electrons. The second-order valence-corrected chi connectivity index (χ2v) is 11.4. The Morgan fingerprint density at radius 2 is 1.91 bits per heavy atom. The van der Waals surface area contributed by atoms with Gasteiger partial charge in [-0.3, -0.25) is 9.59 Å². The van der Waals surface area contributed by atoms with Gasteiger partial charge in [0.05, 0.1) is 16.8 Å². The number of hydrogen-bond acceptors (Lipinski definition) is 3. The Kier molecular flexibility index (Phi) is 6.28. The second kappa shape index (κ2) is 9.21. The summed E-state index contributed by atoms with van der Waals surface area (Å²) in [6, 6.07) is 14.7. The summed E-state index contributed by atoms with van der Waals surface area (Å²) in [6.07, 6.45) is 6.59. The van der Waals surface area contributed by atoms with Gasteiger partial charge in [-0.2, -0.15) is 0 Å². The average molecular weight is 478 g/mol. The van der Waals surface area contributed by atoms with E-state index in [1.807, 2.05) is 36.1 Å². The van der Waals surface area contributed by atoms with Gasteiger partial charge in [0.1, 0.15) is 11.2 Å². The first-order chi connectivity index (χ1) is 16.4. The van der Waals surface area contributed by atoms with Gasteiger partial charge < -0.3 is 14.8 Å². The first kappa shape index (κ1) is 23.2. The highest BCUT2D eigenvalue weighted by molar-refractivity contribution is 7.19. The lowest BCUT2D eigenvalue weighted by Gasteiger charge is -2.45. The fraction of sp³-hybridized carbons (Fsp3) is 0.500. The molecule has 5 nitrogen and oxygen atoms in total. The summed E-state index contributed by atoms with van der Waals surface area (Å²) < 4.78 is 3.23. The van der Waals surface area contributed by atoms with E-state index < -0.39 is 5.54 Å². The molecule has 1 saturated carbocycles. The third kappa shape index (κ3) is 4.06. The summed E-state index contributed by atoms with van der Waals surface area (Å²) in [5, 5.41) is 3.34. The lowest BCUT2D eigenvalue weighted by atomic mass is 9.89. The predicted molar refractivity (Wildman–Crippen MR) is 139 cm³/mol. The Hall–Kier alpha value is -2.60. The highest BCUT2D eigenvalue weighted by Gasteiger charge is 2.48. The van der Waals surface area contributed by atoms with Gasteiger partial charge in [-0.1, -0.05) is 63.4 Å². The van der Waals surface area contributed by atoms with Gasteiger partial charge in [0.15, 0.2) is 0 Å². The first-order valence-electron chi connectivity index (χ1n) is 12.7. The molecule has 1 fully saturated rings. The van der Waals surface area contributed by atoms with Gasteiger partial charge in [0.2, 0.25) is 5.91 Å². The molecule has 0 bridgehead atoms. The third-order valence-electron chi connectivity index (χ3n) is 7.77. The van der Waals surface area contributed by atoms with Crippen molar-refractivity contribution >= 4 is 33.4 Å². The molecule has 2 aromatic heterocycles. The molecular weight excluding hydrogens is 442 g/mol. The van der Waals surface area contributed by atoms with Crippen molar-refractivity contribution in [2.45, 2.75) is 83.3 Å². The minimum Gasteiger partial charge on any atom is -0.351 e. The predicted octanol–water partition coefficient (Wildman–Crippen LogP) is 5.73. The average Bonchev–Trinajstić information content (AvgIpc) is 3.41. The number of carbonyl (C=O) groups is 2. The summed E-state index contributed by atoms with van der Waals surface area (Å²) in [4.78, 5) is 31.0. The largest absolute Gasteiger partial charge is 0.351 e. The maximum Gasteiger partial charge on any atom is 0.271 e. The number of aromatic nitrogens is 1. The van der Waals surface area contributed by atoms with Crippen LogP contribution in [0.1, 0.15) is 79.7 Å². The van der Waals surface area contributed by atoms with E-state index in [-0.39, 0.29) is 23.8 Å². The van der Waals surface area contributed by atoms with Crippen molar-refractivity contribution in [2.24, 2.45) is 0 Å². The van der Waals surface area contributed by atoms with Gasteiger partial charge in [-0.15, -0.1) is 11.3 Å². The standard InChI is InChI=1S/C28H35N3O2S/c1-4-22-15-23-25(34-22)16-24-26(32)31(17-19(2)20-11-7-5-8-12-20)28(3,18-30(23)24)27(33)29-21-13-9-6-10-14-21/h5,7-8,11-12,15-16,19,21H,4,6,9-10,13-14,17-18H2,1-3H3,(H,29,33). The van der Waals surface area contributed by atoms with Crippen LogP contribution in [0.3, 0.4) is 0 Å². The lowest BCUT2D eigenvalue weighted by molar-refractivity contribution is -0.133. The Morgan fingerprint density at radius 1 is 1.18 bits per heavy atom. The number of fused-ring (bicyclic) bond motifs is 3. The number of amides is 2. The summed E-state index contributed by atoms with van der Waals surface area (Å²) in [6.45, 7) is 7.25. The summed E-state index contributed by atoms with van der Waals surface area (Å²) in [7, 11) is 0. The van der Waals surface area contributed by atoms with E-state index in [2.05, 4.69) is 41.9 Å². The molecule has 1 aromatic carbocycles. The zero-order chi connectivity index (χ0) is 23.9. The first-order valence-corrected chi connectivity index (χ1v) is 13.5. The van der Waals surface area contributed by atoms with E-state index in [9.17, 15) is 9.59 Å². The van der Waals surface area contributed by atoms with Crippen LogP contribution in [0, 0.1) is 0 Å². The van der Waals surface area contributed by atoms with Crippen LogP contribution >= 0.6 is 11.3 Å². The molecule has 2 unspecified atom stereocenters. The van der Waals surface area contributed by atoms with Crippen molar-refractivity contribution in [1.82, 2.24) is 14.8 Å². The number of carbonyl (C=O) groups excluding carboxylic acids is 2. The van der Waals surface area contributed by atoms with Crippen LogP contribution in [-0.2, 0) is 17.8 Å². The molecule has 6 heteroatoms. The van der Waals surface area contributed by atoms with Crippen molar-refractivity contribution < 1.29 is 9.59 Å². The molecule has 34 heavy (non-hydrogen) atoms. The molecule has 2 aliphatic rings. The molecule has 1 aliphatic carbocycles. The molecule has 1 N–H and O–H groups in total. The quantitative estimate of drug-likeness (QED) is 0.493. The van der Waals surface area contributed by atoms with Gasteiger partial charge in [0, 0.05) is 17.5 Å². The van der Waals surface area contributed by atoms with Crippen LogP contribution in [0.15, 0.2) is 42.5 Å². The lowest BCUT2D eigenvalue weighted by Crippen LogP contribution is -2.65. The highest BCUT2D eigenvalue weighted by Crippen LogP contribution is 2.37. The highest BCUT2D eigenvalue weighted by atomic mass is 32.1. The Labute approximate surface area is 206 Å². The minimum atomic E-state index is -0.940. The molecule has 0 saturated heterocycles. The van der Waals surface area contributed by atoms with Crippen LogP contribution in [-0.4, -0.2) is 39.4 Å². The number of aryl methyl sites for hydroxylation is 1. The molecule has 0 radical (unpaired) electrons. The molecular formula is C28H35N3O2S. The zero-order valence-electron chi connectivity index (χ0n) is 20.5. The fourth-order valence-electron chi connectivity index (χ4n) is 5.60. The van der Waals surface area contributed by atoms with Crippen molar-refractivity contribution in [1.29, 1.82) is 0 Å². The van der Waals surface area contributed by atoms with Crippen LogP contribution in [0.5, 0.6) is 0 Å². The van der Waals surface area contributed by atoms with Gasteiger partial charge in [-0.25, -0.2) is 0 Å². The second-order valence-electron chi connectivity index (χ2n) is 10.2. The molecule has 5 rings (SSSR count). The topological polar surface area (TPSA) is 54.3 Å². The van der Waals surface area contributed by atoms with Gasteiger partial charge >= 0.3 is 0 Å². The maximum atomic E-state index is 13.9. The van der Waals surface area contributed by atoms with E-state index >= 15 is 0 Å². The number of benzene rings is 1. The molecule has 3 aromatic rings. The van der Waals surface area contributed by atoms with Crippen LogP contribution in [0.25, 0.3) is 10.2 Å². The number of thiophene rings is 1. The fourth-order valence-corrected chi connectivity index (χ4v) is 6.64. The molecule has 1 aliphatic heterocycles. The smallest absolute Gasteiger partial charge is 0.271 e. The van der Waals surface area contributed by atoms with Crippen LogP contribution < -0.4 is 5.32 Å². The van der Waals surface area contributed by atoms with Crippen molar-refractivity contribution in [3.05, 3.63) is 58.6 Å². The number of rotatable bonds is 6. The third-order valence-corrected chi connectivity index (χ3v) is 8.99. The molecule has 2 atom stereocenters. The van der Waals surface area contributed by atoms with Crippen LogP contribution in [0.2, 0.25) is 0 Å². The van der Waals surface area contributed by atoms with E-state index in [0.29, 0.717) is 18.8 Å². The number of nitrogens with one attached hydrogen (secondary N) is 1. The van der Waals surface area contributed by atoms with Crippen molar-refractivity contribution in [3.63, 3.8) is 0 Å². The van der Waals surface area contributed by atoms with E-state index in [4.69, 9.17) is 0 Å². The van der Waals surface area contributed by atoms with Crippen molar-refractivity contribution in [2.75, 3.05) is 6.54 Å². The molecule has 0 spiro atoms. The summed E-state index contributed by atoms with van der Waals surface area (Å²) in [5.74, 6) is 0.0597. The molecule has 3 heterocycles.